The summed E-state index contributed by atoms with van der Waals surface area (Å²) in [6.07, 6.45) is 0.643. The summed E-state index contributed by atoms with van der Waals surface area (Å²) in [4.78, 5) is 39.1. The maximum Gasteiger partial charge on any atom is 0.344 e. The summed E-state index contributed by atoms with van der Waals surface area (Å²) < 4.78 is 5.41. The van der Waals surface area contributed by atoms with Crippen LogP contribution >= 0.6 is 0 Å². The Kier molecular flexibility index (Phi) is 9.06. The average molecular weight is 529 g/mol. The van der Waals surface area contributed by atoms with Crippen LogP contribution in [0.25, 0.3) is 0 Å². The van der Waals surface area contributed by atoms with Crippen molar-refractivity contribution in [2.75, 3.05) is 0 Å². The van der Waals surface area contributed by atoms with Gasteiger partial charge in [-0.05, 0) is 78.9 Å². The zero-order chi connectivity index (χ0) is 27.8. The molecule has 8 nitrogen and oxygen atoms in total. The lowest BCUT2D eigenvalue weighted by Crippen LogP contribution is -2.14. The Morgan fingerprint density at radius 3 is 1.95 bits per heavy atom. The minimum absolute atomic E-state index is 0.0105. The van der Waals surface area contributed by atoms with Gasteiger partial charge in [0.2, 0.25) is 0 Å². The fourth-order valence-corrected chi connectivity index (χ4v) is 4.01. The zero-order valence-electron chi connectivity index (χ0n) is 21.5. The van der Waals surface area contributed by atoms with Crippen LogP contribution in [0.15, 0.2) is 84.9 Å². The molecule has 0 aromatic heterocycles. The molecule has 2 N–H and O–H groups in total. The molecule has 0 bridgehead atoms. The van der Waals surface area contributed by atoms with Gasteiger partial charge in [0.15, 0.2) is 5.75 Å². The van der Waals surface area contributed by atoms with Crippen LogP contribution in [0.1, 0.15) is 54.1 Å². The number of rotatable bonds is 11. The van der Waals surface area contributed by atoms with Gasteiger partial charge in [-0.3, -0.25) is 5.26 Å². The molecule has 0 aliphatic rings. The number of aryl methyl sites for hydroxylation is 2. The molecule has 0 aliphatic carbocycles. The maximum atomic E-state index is 12.6. The Bertz CT molecular complexity index is 1440. The first kappa shape index (κ1) is 27.5. The van der Waals surface area contributed by atoms with Crippen LogP contribution in [-0.2, 0) is 29.4 Å². The fourth-order valence-electron chi connectivity index (χ4n) is 4.01. The molecule has 39 heavy (non-hydrogen) atoms. The highest BCUT2D eigenvalue weighted by Gasteiger charge is 2.18. The van der Waals surface area contributed by atoms with Crippen molar-refractivity contribution in [3.05, 3.63) is 129 Å². The van der Waals surface area contributed by atoms with Gasteiger partial charge in [-0.15, -0.1) is 0 Å². The van der Waals surface area contributed by atoms with E-state index in [1.54, 1.807) is 37.3 Å². The van der Waals surface area contributed by atoms with Crippen LogP contribution < -0.4 is 9.62 Å². The lowest BCUT2D eigenvalue weighted by Gasteiger charge is -2.11. The van der Waals surface area contributed by atoms with Crippen molar-refractivity contribution >= 4 is 11.9 Å². The lowest BCUT2D eigenvalue weighted by molar-refractivity contribution is -0.253. The van der Waals surface area contributed by atoms with E-state index in [-0.39, 0.29) is 24.3 Å². The number of carbonyl (C=O) groups excluding carboxylic acids is 1. The number of aromatic carboxylic acids is 1. The van der Waals surface area contributed by atoms with E-state index in [9.17, 15) is 14.7 Å². The number of ether oxygens (including phenoxy) is 1. The smallest absolute Gasteiger partial charge is 0.344 e. The predicted octanol–water partition coefficient (Wildman–Crippen LogP) is 6.31. The SMILES string of the molecule is Cc1ccc(COO)c(COOc2ccc(Cc3ccc(OC(=O)c4cc(C)ccc4C(=O)O)cc3)cc2)c1. The second-order valence-electron chi connectivity index (χ2n) is 9.10. The van der Waals surface area contributed by atoms with Crippen molar-refractivity contribution in [3.8, 4) is 11.5 Å². The first-order chi connectivity index (χ1) is 18.8. The van der Waals surface area contributed by atoms with Gasteiger partial charge in [-0.2, -0.15) is 4.89 Å². The van der Waals surface area contributed by atoms with Crippen LogP contribution in [0.5, 0.6) is 11.5 Å². The van der Waals surface area contributed by atoms with Crippen molar-refractivity contribution in [2.45, 2.75) is 33.5 Å². The first-order valence-electron chi connectivity index (χ1n) is 12.2. The second kappa shape index (κ2) is 12.8. The molecule has 4 aromatic carbocycles. The number of hydrogen-bond donors (Lipinski definition) is 2. The minimum atomic E-state index is -1.19. The van der Waals surface area contributed by atoms with Crippen molar-refractivity contribution in [1.29, 1.82) is 0 Å². The van der Waals surface area contributed by atoms with Crippen molar-refractivity contribution in [3.63, 3.8) is 0 Å². The standard InChI is InChI=1S/C31H28O8/c1-20-3-9-24(18-36-35)25(15-20)19-37-39-27-12-7-23(8-13-27)17-22-5-10-26(11-6-22)38-31(34)29-16-21(2)4-14-28(29)30(32)33/h3-16,35H,17-19H2,1-2H3,(H,32,33). The monoisotopic (exact) mass is 528 g/mol. The van der Waals surface area contributed by atoms with Crippen LogP contribution in [0.3, 0.4) is 0 Å². The number of benzene rings is 4. The van der Waals surface area contributed by atoms with Crippen molar-refractivity contribution in [2.24, 2.45) is 0 Å². The third kappa shape index (κ3) is 7.52. The van der Waals surface area contributed by atoms with E-state index >= 15 is 0 Å². The summed E-state index contributed by atoms with van der Waals surface area (Å²) >= 11 is 0. The Morgan fingerprint density at radius 2 is 1.31 bits per heavy atom. The summed E-state index contributed by atoms with van der Waals surface area (Å²) in [7, 11) is 0. The second-order valence-corrected chi connectivity index (χ2v) is 9.10. The highest BCUT2D eigenvalue weighted by molar-refractivity contribution is 6.03. The zero-order valence-corrected chi connectivity index (χ0v) is 21.5. The van der Waals surface area contributed by atoms with Gasteiger partial charge in [-0.1, -0.05) is 59.7 Å². The largest absolute Gasteiger partial charge is 0.478 e. The van der Waals surface area contributed by atoms with Crippen molar-refractivity contribution in [1.82, 2.24) is 0 Å². The molecule has 0 amide bonds. The quantitative estimate of drug-likeness (QED) is 0.101. The van der Waals surface area contributed by atoms with E-state index < -0.39 is 11.9 Å². The van der Waals surface area contributed by atoms with Crippen molar-refractivity contribution < 1.29 is 39.4 Å². The maximum absolute atomic E-state index is 12.6. The lowest BCUT2D eigenvalue weighted by atomic mass is 10.0. The number of carbonyl (C=O) groups is 2. The molecule has 0 heterocycles. The number of hydrogen-bond acceptors (Lipinski definition) is 7. The van der Waals surface area contributed by atoms with Gasteiger partial charge in [0.1, 0.15) is 19.0 Å². The van der Waals surface area contributed by atoms with E-state index in [1.807, 2.05) is 49.4 Å². The molecule has 0 fully saturated rings. The molecule has 8 heteroatoms. The first-order valence-corrected chi connectivity index (χ1v) is 12.2. The van der Waals surface area contributed by atoms with Gasteiger partial charge in [0.05, 0.1) is 11.1 Å². The predicted molar refractivity (Wildman–Crippen MR) is 143 cm³/mol. The summed E-state index contributed by atoms with van der Waals surface area (Å²) in [5, 5.41) is 18.1. The molecule has 0 unspecified atom stereocenters. The summed E-state index contributed by atoms with van der Waals surface area (Å²) in [5.41, 5.74) is 5.44. The Hall–Kier alpha value is -4.50. The third-order valence-electron chi connectivity index (χ3n) is 6.04. The Labute approximate surface area is 225 Å². The molecular weight excluding hydrogens is 500 g/mol. The molecule has 0 spiro atoms. The highest BCUT2D eigenvalue weighted by atomic mass is 17.2. The van der Waals surface area contributed by atoms with Gasteiger partial charge < -0.3 is 14.7 Å². The molecule has 0 radical (unpaired) electrons. The average Bonchev–Trinajstić information content (AvgIpc) is 2.92. The molecule has 0 saturated heterocycles. The summed E-state index contributed by atoms with van der Waals surface area (Å²) in [6, 6.07) is 24.8. The minimum Gasteiger partial charge on any atom is -0.478 e. The summed E-state index contributed by atoms with van der Waals surface area (Å²) in [6.45, 7) is 4.00. The van der Waals surface area contributed by atoms with E-state index in [2.05, 4.69) is 4.89 Å². The molecular formula is C31H28O8. The topological polar surface area (TPSA) is 112 Å². The van der Waals surface area contributed by atoms with E-state index in [0.717, 1.165) is 33.4 Å². The molecule has 0 saturated carbocycles. The van der Waals surface area contributed by atoms with E-state index in [4.69, 9.17) is 19.8 Å². The Morgan fingerprint density at radius 1 is 0.692 bits per heavy atom. The van der Waals surface area contributed by atoms with Crippen LogP contribution in [0, 0.1) is 13.8 Å². The van der Waals surface area contributed by atoms with Gasteiger partial charge in [0.25, 0.3) is 0 Å². The third-order valence-corrected chi connectivity index (χ3v) is 6.04. The van der Waals surface area contributed by atoms with Gasteiger partial charge >= 0.3 is 11.9 Å². The Balaban J connectivity index is 1.31. The molecule has 0 aliphatic heterocycles. The molecule has 200 valence electrons. The fraction of sp³-hybridized carbons (Fsp3) is 0.161. The van der Waals surface area contributed by atoms with E-state index in [0.29, 0.717) is 17.9 Å². The van der Waals surface area contributed by atoms with Gasteiger partial charge in [-0.25, -0.2) is 14.5 Å². The number of carboxylic acid groups (broad SMARTS) is 1. The number of carboxylic acids is 1. The van der Waals surface area contributed by atoms with Crippen LogP contribution in [-0.4, -0.2) is 22.3 Å². The molecule has 4 aromatic rings. The number of esters is 1. The molecule has 4 rings (SSSR count). The van der Waals surface area contributed by atoms with Gasteiger partial charge in [0, 0.05) is 0 Å². The highest BCUT2D eigenvalue weighted by Crippen LogP contribution is 2.21. The van der Waals surface area contributed by atoms with Crippen LogP contribution in [0.2, 0.25) is 0 Å². The van der Waals surface area contributed by atoms with E-state index in [1.165, 1.54) is 12.1 Å². The molecule has 0 atom stereocenters. The summed E-state index contributed by atoms with van der Waals surface area (Å²) in [5.74, 6) is -1.04. The normalized spacial score (nSPS) is 10.7. The van der Waals surface area contributed by atoms with Crippen LogP contribution in [0.4, 0.5) is 0 Å².